The Balaban J connectivity index is 1.73. The molecule has 1 saturated heterocycles. The first kappa shape index (κ1) is 13.2. The molecular weight excluding hydrogens is 296 g/mol. The zero-order chi connectivity index (χ0) is 15.1. The molecule has 108 valence electrons. The SMILES string of the molecule is O=C1CC(c2ccccc2)C(=O)N1c1nc2ccccc2s1. The lowest BCUT2D eigenvalue weighted by atomic mass is 9.98. The highest BCUT2D eigenvalue weighted by atomic mass is 32.1. The summed E-state index contributed by atoms with van der Waals surface area (Å²) in [5.74, 6) is -0.770. The van der Waals surface area contributed by atoms with Crippen molar-refractivity contribution < 1.29 is 9.59 Å². The molecule has 1 fully saturated rings. The number of rotatable bonds is 2. The summed E-state index contributed by atoms with van der Waals surface area (Å²) in [4.78, 5) is 30.6. The van der Waals surface area contributed by atoms with Crippen molar-refractivity contribution >= 4 is 38.5 Å². The van der Waals surface area contributed by atoms with Crippen LogP contribution in [-0.2, 0) is 9.59 Å². The predicted octanol–water partition coefficient (Wildman–Crippen LogP) is 3.34. The lowest BCUT2D eigenvalue weighted by Gasteiger charge is -2.11. The van der Waals surface area contributed by atoms with Crippen molar-refractivity contribution in [3.8, 4) is 0 Å². The number of benzene rings is 2. The molecule has 4 rings (SSSR count). The number of anilines is 1. The molecule has 3 aromatic rings. The van der Waals surface area contributed by atoms with Gasteiger partial charge >= 0.3 is 0 Å². The first-order valence-corrected chi connectivity index (χ1v) is 7.83. The van der Waals surface area contributed by atoms with E-state index >= 15 is 0 Å². The topological polar surface area (TPSA) is 50.3 Å². The Kier molecular flexibility index (Phi) is 3.01. The van der Waals surface area contributed by atoms with Gasteiger partial charge in [-0.05, 0) is 17.7 Å². The van der Waals surface area contributed by atoms with Crippen LogP contribution >= 0.6 is 11.3 Å². The standard InChI is InChI=1S/C17H12N2O2S/c20-15-10-12(11-6-2-1-3-7-11)16(21)19(15)17-18-13-8-4-5-9-14(13)22-17/h1-9,12H,10H2. The van der Waals surface area contributed by atoms with E-state index in [0.717, 1.165) is 15.8 Å². The Morgan fingerprint density at radius 1 is 1.00 bits per heavy atom. The van der Waals surface area contributed by atoms with Crippen molar-refractivity contribution in [3.63, 3.8) is 0 Å². The minimum atomic E-state index is -0.402. The van der Waals surface area contributed by atoms with E-state index in [9.17, 15) is 9.59 Å². The number of fused-ring (bicyclic) bond motifs is 1. The molecule has 0 spiro atoms. The molecule has 2 heterocycles. The van der Waals surface area contributed by atoms with Gasteiger partial charge in [0.15, 0.2) is 5.13 Å². The Bertz CT molecular complexity index is 840. The van der Waals surface area contributed by atoms with E-state index in [-0.39, 0.29) is 18.2 Å². The Morgan fingerprint density at radius 2 is 1.73 bits per heavy atom. The molecule has 1 aromatic heterocycles. The molecular formula is C17H12N2O2S. The minimum absolute atomic E-state index is 0.182. The van der Waals surface area contributed by atoms with Gasteiger partial charge < -0.3 is 0 Å². The summed E-state index contributed by atoms with van der Waals surface area (Å²) in [6.07, 6.45) is 0.207. The highest BCUT2D eigenvalue weighted by Crippen LogP contribution is 2.36. The lowest BCUT2D eigenvalue weighted by molar-refractivity contribution is -0.121. The third-order valence-corrected chi connectivity index (χ3v) is 4.84. The molecule has 1 unspecified atom stereocenters. The van der Waals surface area contributed by atoms with Crippen molar-refractivity contribution in [1.82, 2.24) is 4.98 Å². The van der Waals surface area contributed by atoms with E-state index in [1.807, 2.05) is 54.6 Å². The van der Waals surface area contributed by atoms with Crippen molar-refractivity contribution in [3.05, 3.63) is 60.2 Å². The van der Waals surface area contributed by atoms with Gasteiger partial charge in [-0.2, -0.15) is 0 Å². The fraction of sp³-hybridized carbons (Fsp3) is 0.118. The van der Waals surface area contributed by atoms with Gasteiger partial charge in [0.25, 0.3) is 0 Å². The molecule has 0 N–H and O–H groups in total. The predicted molar refractivity (Wildman–Crippen MR) is 85.9 cm³/mol. The van der Waals surface area contributed by atoms with Gasteiger partial charge in [0, 0.05) is 6.42 Å². The van der Waals surface area contributed by atoms with Gasteiger partial charge in [-0.3, -0.25) is 9.59 Å². The maximum Gasteiger partial charge on any atom is 0.243 e. The number of hydrogen-bond donors (Lipinski definition) is 0. The summed E-state index contributed by atoms with van der Waals surface area (Å²) in [5, 5.41) is 0.467. The van der Waals surface area contributed by atoms with Gasteiger partial charge in [-0.1, -0.05) is 53.8 Å². The van der Waals surface area contributed by atoms with E-state index < -0.39 is 5.92 Å². The van der Waals surface area contributed by atoms with E-state index in [1.54, 1.807) is 0 Å². The first-order chi connectivity index (χ1) is 10.7. The molecule has 4 nitrogen and oxygen atoms in total. The highest BCUT2D eigenvalue weighted by molar-refractivity contribution is 7.22. The molecule has 1 aliphatic rings. The van der Waals surface area contributed by atoms with Gasteiger partial charge in [-0.15, -0.1) is 0 Å². The maximum absolute atomic E-state index is 12.7. The second-order valence-electron chi connectivity index (χ2n) is 5.20. The molecule has 0 radical (unpaired) electrons. The molecule has 5 heteroatoms. The first-order valence-electron chi connectivity index (χ1n) is 7.01. The van der Waals surface area contributed by atoms with Crippen molar-refractivity contribution in [1.29, 1.82) is 0 Å². The van der Waals surface area contributed by atoms with E-state index in [0.29, 0.717) is 5.13 Å². The largest absolute Gasteiger partial charge is 0.274 e. The Labute approximate surface area is 131 Å². The summed E-state index contributed by atoms with van der Waals surface area (Å²) in [6.45, 7) is 0. The van der Waals surface area contributed by atoms with Crippen LogP contribution in [-0.4, -0.2) is 16.8 Å². The normalized spacial score (nSPS) is 18.4. The molecule has 2 aromatic carbocycles. The lowest BCUT2D eigenvalue weighted by Crippen LogP contribution is -2.29. The average molecular weight is 308 g/mol. The van der Waals surface area contributed by atoms with Crippen LogP contribution in [0.2, 0.25) is 0 Å². The second-order valence-corrected chi connectivity index (χ2v) is 6.21. The van der Waals surface area contributed by atoms with Crippen LogP contribution < -0.4 is 4.90 Å². The van der Waals surface area contributed by atoms with Crippen molar-refractivity contribution in [2.45, 2.75) is 12.3 Å². The van der Waals surface area contributed by atoms with Crippen LogP contribution in [0.3, 0.4) is 0 Å². The van der Waals surface area contributed by atoms with Gasteiger partial charge in [0.1, 0.15) is 0 Å². The fourth-order valence-electron chi connectivity index (χ4n) is 2.73. The summed E-state index contributed by atoms with van der Waals surface area (Å²) in [7, 11) is 0. The molecule has 0 saturated carbocycles. The molecule has 2 amide bonds. The maximum atomic E-state index is 12.7. The molecule has 0 aliphatic carbocycles. The van der Waals surface area contributed by atoms with Crippen LogP contribution in [0.25, 0.3) is 10.2 Å². The monoisotopic (exact) mass is 308 g/mol. The van der Waals surface area contributed by atoms with E-state index in [4.69, 9.17) is 0 Å². The molecule has 0 bridgehead atoms. The average Bonchev–Trinajstić information content (AvgIpc) is 3.08. The van der Waals surface area contributed by atoms with Gasteiger partial charge in [0.2, 0.25) is 11.8 Å². The van der Waals surface area contributed by atoms with E-state index in [1.165, 1.54) is 16.2 Å². The van der Waals surface area contributed by atoms with Crippen LogP contribution in [0.5, 0.6) is 0 Å². The number of amides is 2. The van der Waals surface area contributed by atoms with Crippen molar-refractivity contribution in [2.75, 3.05) is 4.90 Å². The smallest absolute Gasteiger partial charge is 0.243 e. The Hall–Kier alpha value is -2.53. The summed E-state index contributed by atoms with van der Waals surface area (Å²) >= 11 is 1.37. The van der Waals surface area contributed by atoms with Crippen LogP contribution in [0.15, 0.2) is 54.6 Å². The zero-order valence-corrected chi connectivity index (χ0v) is 12.4. The number of aromatic nitrogens is 1. The molecule has 1 aliphatic heterocycles. The number of thiazole rings is 1. The zero-order valence-electron chi connectivity index (χ0n) is 11.6. The molecule has 22 heavy (non-hydrogen) atoms. The fourth-order valence-corrected chi connectivity index (χ4v) is 3.72. The van der Waals surface area contributed by atoms with Gasteiger partial charge in [-0.25, -0.2) is 9.88 Å². The number of hydrogen-bond acceptors (Lipinski definition) is 4. The second kappa shape index (κ2) is 5.03. The summed E-state index contributed by atoms with van der Waals surface area (Å²) < 4.78 is 0.973. The van der Waals surface area contributed by atoms with Crippen molar-refractivity contribution in [2.24, 2.45) is 0 Å². The quantitative estimate of drug-likeness (QED) is 0.682. The minimum Gasteiger partial charge on any atom is -0.274 e. The number of carbonyl (C=O) groups excluding carboxylic acids is 2. The number of carbonyl (C=O) groups is 2. The van der Waals surface area contributed by atoms with Crippen LogP contribution in [0.1, 0.15) is 17.9 Å². The Morgan fingerprint density at radius 3 is 2.50 bits per heavy atom. The van der Waals surface area contributed by atoms with E-state index in [2.05, 4.69) is 4.98 Å². The van der Waals surface area contributed by atoms with Gasteiger partial charge in [0.05, 0.1) is 16.1 Å². The third kappa shape index (κ3) is 2.02. The number of para-hydroxylation sites is 1. The van der Waals surface area contributed by atoms with Crippen LogP contribution in [0, 0.1) is 0 Å². The summed E-state index contributed by atoms with van der Waals surface area (Å²) in [5.41, 5.74) is 1.69. The third-order valence-electron chi connectivity index (χ3n) is 3.82. The number of imide groups is 1. The molecule has 1 atom stereocenters. The number of nitrogens with zero attached hydrogens (tertiary/aromatic N) is 2. The summed E-state index contributed by atoms with van der Waals surface area (Å²) in [6, 6.07) is 17.1. The van der Waals surface area contributed by atoms with Crippen LogP contribution in [0.4, 0.5) is 5.13 Å². The highest BCUT2D eigenvalue weighted by Gasteiger charge is 2.41.